The van der Waals surface area contributed by atoms with Gasteiger partial charge in [0.05, 0.1) is 0 Å². The highest BCUT2D eigenvalue weighted by Crippen LogP contribution is 2.21. The largest absolute Gasteiger partial charge is 0.411 e. The smallest absolute Gasteiger partial charge is 0.372 e. The molecular weight excluding hydrogens is 286 g/mol. The molecule has 120 valence electrons. The van der Waals surface area contributed by atoms with Gasteiger partial charge in [-0.05, 0) is 49.6 Å². The Morgan fingerprint density at radius 3 is 2.52 bits per heavy atom. The van der Waals surface area contributed by atoms with Crippen molar-refractivity contribution in [3.05, 3.63) is 35.1 Å². The van der Waals surface area contributed by atoms with Crippen molar-refractivity contribution in [2.45, 2.75) is 38.9 Å². The summed E-state index contributed by atoms with van der Waals surface area (Å²) in [6.07, 6.45) is -3.07. The summed E-state index contributed by atoms with van der Waals surface area (Å²) >= 11 is 0. The number of hydrogen-bond acceptors (Lipinski definition) is 2. The van der Waals surface area contributed by atoms with Gasteiger partial charge in [0.2, 0.25) is 0 Å². The number of nitrogens with one attached hydrogen (secondary N) is 1. The van der Waals surface area contributed by atoms with E-state index in [0.717, 1.165) is 17.5 Å². The Balaban J connectivity index is 2.62. The van der Waals surface area contributed by atoms with Crippen LogP contribution in [0.15, 0.2) is 18.2 Å². The molecule has 0 aromatic heterocycles. The number of hydrogen-bond donors (Lipinski definition) is 1. The predicted octanol–water partition coefficient (Wildman–Crippen LogP) is 4.14. The number of aryl methyl sites for hydroxylation is 1. The molecule has 0 saturated heterocycles. The molecule has 2 nitrogen and oxygen atoms in total. The molecule has 0 saturated carbocycles. The fourth-order valence-corrected chi connectivity index (χ4v) is 2.06. The third-order valence-corrected chi connectivity index (χ3v) is 2.92. The van der Waals surface area contributed by atoms with Gasteiger partial charge in [-0.25, -0.2) is 4.39 Å². The van der Waals surface area contributed by atoms with Crippen molar-refractivity contribution in [2.24, 2.45) is 0 Å². The maximum absolute atomic E-state index is 13.4. The molecule has 0 amide bonds. The third kappa shape index (κ3) is 7.43. The molecule has 0 aliphatic heterocycles. The second-order valence-electron chi connectivity index (χ2n) is 5.03. The lowest BCUT2D eigenvalue weighted by molar-refractivity contribution is -0.174. The van der Waals surface area contributed by atoms with E-state index in [4.69, 9.17) is 0 Å². The molecule has 1 aromatic rings. The maximum Gasteiger partial charge on any atom is 0.411 e. The predicted molar refractivity (Wildman–Crippen MR) is 73.7 cm³/mol. The van der Waals surface area contributed by atoms with E-state index < -0.39 is 12.8 Å². The molecule has 1 N–H and O–H groups in total. The van der Waals surface area contributed by atoms with Gasteiger partial charge in [-0.1, -0.05) is 13.0 Å². The molecule has 0 bridgehead atoms. The van der Waals surface area contributed by atoms with Crippen LogP contribution >= 0.6 is 0 Å². The molecule has 1 unspecified atom stereocenters. The van der Waals surface area contributed by atoms with E-state index >= 15 is 0 Å². The number of ether oxygens (including phenoxy) is 1. The zero-order valence-electron chi connectivity index (χ0n) is 12.3. The van der Waals surface area contributed by atoms with Gasteiger partial charge in [0.25, 0.3) is 0 Å². The van der Waals surface area contributed by atoms with E-state index in [9.17, 15) is 17.6 Å². The van der Waals surface area contributed by atoms with Crippen molar-refractivity contribution in [3.63, 3.8) is 0 Å². The quantitative estimate of drug-likeness (QED) is 0.575. The second-order valence-corrected chi connectivity index (χ2v) is 5.03. The van der Waals surface area contributed by atoms with E-state index in [0.29, 0.717) is 13.0 Å². The lowest BCUT2D eigenvalue weighted by atomic mass is 10.0. The zero-order chi connectivity index (χ0) is 15.9. The van der Waals surface area contributed by atoms with Gasteiger partial charge in [-0.3, -0.25) is 0 Å². The fourth-order valence-electron chi connectivity index (χ4n) is 2.06. The van der Waals surface area contributed by atoms with Crippen molar-refractivity contribution < 1.29 is 22.3 Å². The van der Waals surface area contributed by atoms with Gasteiger partial charge in [-0.2, -0.15) is 13.2 Å². The number of benzene rings is 1. The summed E-state index contributed by atoms with van der Waals surface area (Å²) in [6.45, 7) is 3.19. The monoisotopic (exact) mass is 307 g/mol. The molecule has 0 aliphatic carbocycles. The van der Waals surface area contributed by atoms with Gasteiger partial charge in [0.1, 0.15) is 12.4 Å². The highest BCUT2D eigenvalue weighted by Gasteiger charge is 2.27. The summed E-state index contributed by atoms with van der Waals surface area (Å²) in [4.78, 5) is 0. The lowest BCUT2D eigenvalue weighted by Crippen LogP contribution is -2.25. The van der Waals surface area contributed by atoms with Crippen LogP contribution in [0.2, 0.25) is 0 Å². The Labute approximate surface area is 122 Å². The van der Waals surface area contributed by atoms with Gasteiger partial charge in [-0.15, -0.1) is 0 Å². The van der Waals surface area contributed by atoms with Crippen LogP contribution in [0.25, 0.3) is 0 Å². The molecule has 21 heavy (non-hydrogen) atoms. The highest BCUT2D eigenvalue weighted by atomic mass is 19.4. The zero-order valence-corrected chi connectivity index (χ0v) is 12.3. The van der Waals surface area contributed by atoms with Crippen LogP contribution in [0.5, 0.6) is 0 Å². The van der Waals surface area contributed by atoms with Crippen molar-refractivity contribution in [2.75, 3.05) is 19.8 Å². The first-order valence-electron chi connectivity index (χ1n) is 6.97. The Morgan fingerprint density at radius 2 is 1.95 bits per heavy atom. The van der Waals surface area contributed by atoms with Crippen LogP contribution in [0, 0.1) is 12.7 Å². The van der Waals surface area contributed by atoms with Crippen LogP contribution < -0.4 is 5.32 Å². The van der Waals surface area contributed by atoms with Gasteiger partial charge < -0.3 is 10.1 Å². The molecule has 0 fully saturated rings. The fraction of sp³-hybridized carbons (Fsp3) is 0.600. The average molecular weight is 307 g/mol. The number of rotatable bonds is 8. The van der Waals surface area contributed by atoms with Crippen molar-refractivity contribution >= 4 is 0 Å². The Kier molecular flexibility index (Phi) is 7.11. The van der Waals surface area contributed by atoms with Crippen LogP contribution in [-0.4, -0.2) is 25.9 Å². The summed E-state index contributed by atoms with van der Waals surface area (Å²) in [7, 11) is 0. The lowest BCUT2D eigenvalue weighted by Gasteiger charge is -2.20. The first-order chi connectivity index (χ1) is 9.81. The molecular formula is C15H21F4NO. The Morgan fingerprint density at radius 1 is 1.24 bits per heavy atom. The average Bonchev–Trinajstić information content (AvgIpc) is 2.35. The van der Waals surface area contributed by atoms with E-state index in [1.165, 1.54) is 12.1 Å². The SMILES string of the molecule is CCCNC(CCOCC(F)(F)F)c1cc(C)cc(F)c1. The summed E-state index contributed by atoms with van der Waals surface area (Å²) in [6, 6.07) is 4.44. The van der Waals surface area contributed by atoms with Gasteiger partial charge >= 0.3 is 6.18 Å². The molecule has 0 spiro atoms. The van der Waals surface area contributed by atoms with Crippen LogP contribution in [0.4, 0.5) is 17.6 Å². The first-order valence-corrected chi connectivity index (χ1v) is 6.97. The molecule has 0 heterocycles. The minimum Gasteiger partial charge on any atom is -0.372 e. The highest BCUT2D eigenvalue weighted by molar-refractivity contribution is 5.26. The van der Waals surface area contributed by atoms with E-state index in [1.54, 1.807) is 6.92 Å². The van der Waals surface area contributed by atoms with Crippen LogP contribution in [-0.2, 0) is 4.74 Å². The van der Waals surface area contributed by atoms with Crippen molar-refractivity contribution in [3.8, 4) is 0 Å². The van der Waals surface area contributed by atoms with E-state index in [-0.39, 0.29) is 18.5 Å². The second kappa shape index (κ2) is 8.34. The summed E-state index contributed by atoms with van der Waals surface area (Å²) in [5.41, 5.74) is 1.51. The molecule has 1 rings (SSSR count). The third-order valence-electron chi connectivity index (χ3n) is 2.92. The van der Waals surface area contributed by atoms with Crippen molar-refractivity contribution in [1.82, 2.24) is 5.32 Å². The Hall–Kier alpha value is -1.14. The van der Waals surface area contributed by atoms with Crippen molar-refractivity contribution in [1.29, 1.82) is 0 Å². The minimum atomic E-state index is -4.32. The van der Waals surface area contributed by atoms with E-state index in [1.807, 2.05) is 13.0 Å². The van der Waals surface area contributed by atoms with Gasteiger partial charge in [0, 0.05) is 12.6 Å². The van der Waals surface area contributed by atoms with Gasteiger partial charge in [0.15, 0.2) is 0 Å². The number of halogens is 4. The summed E-state index contributed by atoms with van der Waals surface area (Å²) < 4.78 is 54.1. The van der Waals surface area contributed by atoms with Crippen LogP contribution in [0.1, 0.15) is 36.9 Å². The normalized spacial score (nSPS) is 13.4. The summed E-state index contributed by atoms with van der Waals surface area (Å²) in [5.74, 6) is -0.343. The standard InChI is InChI=1S/C15H21F4NO/c1-3-5-20-14(4-6-21-10-15(17,18)19)12-7-11(2)8-13(16)9-12/h7-9,14,20H,3-6,10H2,1-2H3. The molecule has 1 aromatic carbocycles. The summed E-state index contributed by atoms with van der Waals surface area (Å²) in [5, 5.41) is 3.21. The Bertz CT molecular complexity index is 414. The molecule has 0 radical (unpaired) electrons. The first kappa shape index (κ1) is 17.9. The van der Waals surface area contributed by atoms with E-state index in [2.05, 4.69) is 10.1 Å². The minimum absolute atomic E-state index is 0.0313. The maximum atomic E-state index is 13.4. The topological polar surface area (TPSA) is 21.3 Å². The van der Waals surface area contributed by atoms with Crippen LogP contribution in [0.3, 0.4) is 0 Å². The molecule has 0 aliphatic rings. The molecule has 6 heteroatoms. The number of alkyl halides is 3. The molecule has 1 atom stereocenters.